The molecule has 1 heterocycles. The van der Waals surface area contributed by atoms with Crippen LogP contribution in [-0.4, -0.2) is 11.5 Å². The summed E-state index contributed by atoms with van der Waals surface area (Å²) in [5, 5.41) is 5.67. The van der Waals surface area contributed by atoms with Crippen LogP contribution in [0.3, 0.4) is 0 Å². The van der Waals surface area contributed by atoms with Gasteiger partial charge >= 0.3 is 0 Å². The molecule has 1 rings (SSSR count). The largest absolute Gasteiger partial charge is 0.309 e. The van der Waals surface area contributed by atoms with Crippen molar-refractivity contribution in [3.05, 3.63) is 16.6 Å². The van der Waals surface area contributed by atoms with Crippen LogP contribution in [0.1, 0.15) is 45.3 Å². The summed E-state index contributed by atoms with van der Waals surface area (Å²) in [6, 6.07) is 0.436. The minimum atomic E-state index is 0.436. The van der Waals surface area contributed by atoms with Gasteiger partial charge in [-0.2, -0.15) is 0 Å². The average Bonchev–Trinajstić information content (AvgIpc) is 2.67. The Balaban J connectivity index is 2.63. The normalized spacial score (nSPS) is 15.4. The molecule has 0 aliphatic carbocycles. The van der Waals surface area contributed by atoms with Gasteiger partial charge in [0.15, 0.2) is 0 Å². The standard InChI is InChI=1S/C11H20N2S/c1-4-6-9(3)11(12-5-2)10-7-14-8-13-10/h7-9,11-12H,4-6H2,1-3H3. The van der Waals surface area contributed by atoms with Gasteiger partial charge in [-0.05, 0) is 18.9 Å². The summed E-state index contributed by atoms with van der Waals surface area (Å²) in [5.74, 6) is 0.669. The van der Waals surface area contributed by atoms with E-state index in [1.165, 1.54) is 18.5 Å². The van der Waals surface area contributed by atoms with E-state index >= 15 is 0 Å². The summed E-state index contributed by atoms with van der Waals surface area (Å²) in [7, 11) is 0. The highest BCUT2D eigenvalue weighted by atomic mass is 32.1. The third-order valence-corrected chi connectivity index (χ3v) is 3.11. The van der Waals surface area contributed by atoms with Gasteiger partial charge in [0, 0.05) is 5.38 Å². The Bertz CT molecular complexity index is 233. The molecule has 80 valence electrons. The topological polar surface area (TPSA) is 24.9 Å². The van der Waals surface area contributed by atoms with E-state index in [1.807, 2.05) is 5.51 Å². The fourth-order valence-corrected chi connectivity index (χ4v) is 2.40. The highest BCUT2D eigenvalue weighted by Crippen LogP contribution is 2.24. The molecule has 14 heavy (non-hydrogen) atoms. The molecule has 2 atom stereocenters. The van der Waals surface area contributed by atoms with Gasteiger partial charge in [0.2, 0.25) is 0 Å². The Labute approximate surface area is 90.8 Å². The zero-order valence-corrected chi connectivity index (χ0v) is 10.1. The first-order valence-electron chi connectivity index (χ1n) is 5.41. The third kappa shape index (κ3) is 3.07. The molecule has 0 saturated heterocycles. The van der Waals surface area contributed by atoms with Crippen molar-refractivity contribution in [2.24, 2.45) is 5.92 Å². The predicted octanol–water partition coefficient (Wildman–Crippen LogP) is 3.23. The summed E-state index contributed by atoms with van der Waals surface area (Å²) >= 11 is 1.68. The van der Waals surface area contributed by atoms with Crippen molar-refractivity contribution < 1.29 is 0 Å². The highest BCUT2D eigenvalue weighted by molar-refractivity contribution is 7.07. The maximum atomic E-state index is 4.39. The fraction of sp³-hybridized carbons (Fsp3) is 0.727. The first kappa shape index (κ1) is 11.7. The summed E-state index contributed by atoms with van der Waals surface area (Å²) in [6.45, 7) is 7.70. The summed E-state index contributed by atoms with van der Waals surface area (Å²) in [4.78, 5) is 4.39. The van der Waals surface area contributed by atoms with Crippen LogP contribution in [0.15, 0.2) is 10.9 Å². The van der Waals surface area contributed by atoms with E-state index < -0.39 is 0 Å². The molecule has 1 N–H and O–H groups in total. The molecule has 0 aliphatic heterocycles. The zero-order valence-electron chi connectivity index (χ0n) is 9.29. The second-order valence-corrected chi connectivity index (χ2v) is 4.43. The molecule has 3 heteroatoms. The number of nitrogens with one attached hydrogen (secondary N) is 1. The van der Waals surface area contributed by atoms with Gasteiger partial charge in [-0.15, -0.1) is 11.3 Å². The molecule has 2 nitrogen and oxygen atoms in total. The lowest BCUT2D eigenvalue weighted by Crippen LogP contribution is -2.27. The minimum Gasteiger partial charge on any atom is -0.309 e. The van der Waals surface area contributed by atoms with Crippen LogP contribution >= 0.6 is 11.3 Å². The van der Waals surface area contributed by atoms with Crippen LogP contribution in [0.4, 0.5) is 0 Å². The van der Waals surface area contributed by atoms with E-state index in [4.69, 9.17) is 0 Å². The van der Waals surface area contributed by atoms with Crippen molar-refractivity contribution in [3.63, 3.8) is 0 Å². The van der Waals surface area contributed by atoms with Gasteiger partial charge in [0.05, 0.1) is 17.2 Å². The smallest absolute Gasteiger partial charge is 0.0795 e. The Morgan fingerprint density at radius 2 is 2.29 bits per heavy atom. The van der Waals surface area contributed by atoms with E-state index in [0.29, 0.717) is 12.0 Å². The van der Waals surface area contributed by atoms with Crippen LogP contribution < -0.4 is 5.32 Å². The van der Waals surface area contributed by atoms with Gasteiger partial charge in [-0.25, -0.2) is 4.98 Å². The molecule has 0 saturated carbocycles. The molecule has 0 radical (unpaired) electrons. The minimum absolute atomic E-state index is 0.436. The second kappa shape index (κ2) is 6.14. The van der Waals surface area contributed by atoms with Crippen molar-refractivity contribution in [2.45, 2.75) is 39.7 Å². The van der Waals surface area contributed by atoms with Crippen molar-refractivity contribution in [2.75, 3.05) is 6.54 Å². The Hall–Kier alpha value is -0.410. The highest BCUT2D eigenvalue weighted by Gasteiger charge is 2.18. The molecule has 0 fully saturated rings. The van der Waals surface area contributed by atoms with Crippen molar-refractivity contribution in [1.29, 1.82) is 0 Å². The van der Waals surface area contributed by atoms with Gasteiger partial charge in [0.1, 0.15) is 0 Å². The molecule has 0 bridgehead atoms. The third-order valence-electron chi connectivity index (χ3n) is 2.51. The second-order valence-electron chi connectivity index (χ2n) is 3.71. The number of thiazole rings is 1. The maximum Gasteiger partial charge on any atom is 0.0795 e. The van der Waals surface area contributed by atoms with Gasteiger partial charge in [0.25, 0.3) is 0 Å². The van der Waals surface area contributed by atoms with Crippen LogP contribution in [0, 0.1) is 5.92 Å². The summed E-state index contributed by atoms with van der Waals surface area (Å²) in [5.41, 5.74) is 3.12. The van der Waals surface area contributed by atoms with Crippen molar-refractivity contribution in [3.8, 4) is 0 Å². The number of rotatable bonds is 6. The van der Waals surface area contributed by atoms with Crippen LogP contribution in [0.25, 0.3) is 0 Å². The number of hydrogen-bond acceptors (Lipinski definition) is 3. The first-order valence-corrected chi connectivity index (χ1v) is 6.35. The molecule has 0 amide bonds. The summed E-state index contributed by atoms with van der Waals surface area (Å²) in [6.07, 6.45) is 2.50. The van der Waals surface area contributed by atoms with E-state index in [9.17, 15) is 0 Å². The van der Waals surface area contributed by atoms with Crippen LogP contribution in [-0.2, 0) is 0 Å². The molecule has 0 spiro atoms. The van der Waals surface area contributed by atoms with E-state index in [2.05, 4.69) is 36.5 Å². The van der Waals surface area contributed by atoms with Crippen LogP contribution in [0.2, 0.25) is 0 Å². The molecule has 2 unspecified atom stereocenters. The molecular weight excluding hydrogens is 192 g/mol. The first-order chi connectivity index (χ1) is 6.79. The van der Waals surface area contributed by atoms with Crippen LogP contribution in [0.5, 0.6) is 0 Å². The van der Waals surface area contributed by atoms with E-state index in [-0.39, 0.29) is 0 Å². The molecule has 0 aromatic carbocycles. The number of hydrogen-bond donors (Lipinski definition) is 1. The molecule has 1 aromatic rings. The van der Waals surface area contributed by atoms with Gasteiger partial charge in [-0.3, -0.25) is 0 Å². The fourth-order valence-electron chi connectivity index (χ4n) is 1.81. The lowest BCUT2D eigenvalue weighted by molar-refractivity contribution is 0.363. The molecular formula is C11H20N2S. The monoisotopic (exact) mass is 212 g/mol. The summed E-state index contributed by atoms with van der Waals surface area (Å²) < 4.78 is 0. The molecule has 0 aliphatic rings. The van der Waals surface area contributed by atoms with Crippen molar-refractivity contribution >= 4 is 11.3 Å². The van der Waals surface area contributed by atoms with E-state index in [0.717, 1.165) is 6.54 Å². The SMILES string of the molecule is CCCC(C)C(NCC)c1cscn1. The maximum absolute atomic E-state index is 4.39. The van der Waals surface area contributed by atoms with Gasteiger partial charge < -0.3 is 5.32 Å². The lowest BCUT2D eigenvalue weighted by atomic mass is 9.95. The van der Waals surface area contributed by atoms with Crippen molar-refractivity contribution in [1.82, 2.24) is 10.3 Å². The molecule has 1 aromatic heterocycles. The average molecular weight is 212 g/mol. The number of nitrogens with zero attached hydrogens (tertiary/aromatic N) is 1. The van der Waals surface area contributed by atoms with E-state index in [1.54, 1.807) is 11.3 Å². The lowest BCUT2D eigenvalue weighted by Gasteiger charge is -2.22. The number of aromatic nitrogens is 1. The quantitative estimate of drug-likeness (QED) is 0.783. The van der Waals surface area contributed by atoms with Gasteiger partial charge in [-0.1, -0.05) is 27.2 Å². The predicted molar refractivity (Wildman–Crippen MR) is 62.6 cm³/mol. The Morgan fingerprint density at radius 3 is 2.79 bits per heavy atom. The zero-order chi connectivity index (χ0) is 10.4. The Morgan fingerprint density at radius 1 is 1.50 bits per heavy atom. The Kier molecular flexibility index (Phi) is 5.12.